The molecule has 132 valence electrons. The van der Waals surface area contributed by atoms with Gasteiger partial charge in [-0.15, -0.1) is 0 Å². The highest BCUT2D eigenvalue weighted by Crippen LogP contribution is 2.14. The molecule has 3 N–H and O–H groups in total. The lowest BCUT2D eigenvalue weighted by atomic mass is 10.3. The van der Waals surface area contributed by atoms with Gasteiger partial charge in [0.25, 0.3) is 0 Å². The Balaban J connectivity index is 1.74. The Morgan fingerprint density at radius 3 is 2.83 bits per heavy atom. The van der Waals surface area contributed by atoms with Gasteiger partial charge in [-0.1, -0.05) is 17.7 Å². The molecule has 1 atom stereocenters. The molecule has 1 aromatic carbocycles. The van der Waals surface area contributed by atoms with Crippen LogP contribution in [0.3, 0.4) is 0 Å². The van der Waals surface area contributed by atoms with E-state index >= 15 is 0 Å². The molecule has 1 fully saturated rings. The van der Waals surface area contributed by atoms with Crippen molar-refractivity contribution >= 4 is 39.2 Å². The molecule has 0 spiro atoms. The van der Waals surface area contributed by atoms with Crippen molar-refractivity contribution in [3.05, 3.63) is 29.3 Å². The van der Waals surface area contributed by atoms with Gasteiger partial charge in [0.2, 0.25) is 15.9 Å². The van der Waals surface area contributed by atoms with E-state index in [1.165, 1.54) is 4.90 Å². The summed E-state index contributed by atoms with van der Waals surface area (Å²) in [6.07, 6.45) is 1.44. The first-order chi connectivity index (χ1) is 11.2. The van der Waals surface area contributed by atoms with Crippen molar-refractivity contribution in [2.75, 3.05) is 31.2 Å². The van der Waals surface area contributed by atoms with E-state index in [4.69, 9.17) is 11.6 Å². The summed E-state index contributed by atoms with van der Waals surface area (Å²) in [4.78, 5) is 25.3. The minimum Gasteiger partial charge on any atom is -0.339 e. The van der Waals surface area contributed by atoms with Crippen LogP contribution in [0.5, 0.6) is 0 Å². The summed E-state index contributed by atoms with van der Waals surface area (Å²) in [5, 5.41) is 5.78. The molecule has 0 saturated carbocycles. The number of hydrogen-bond acceptors (Lipinski definition) is 4. The van der Waals surface area contributed by atoms with Crippen LogP contribution in [-0.4, -0.2) is 57.2 Å². The van der Waals surface area contributed by atoms with Crippen molar-refractivity contribution in [2.45, 2.75) is 12.5 Å². The van der Waals surface area contributed by atoms with E-state index in [0.717, 1.165) is 6.26 Å². The van der Waals surface area contributed by atoms with Gasteiger partial charge in [0.05, 0.1) is 6.26 Å². The van der Waals surface area contributed by atoms with Gasteiger partial charge in [0, 0.05) is 30.3 Å². The fraction of sp³-hybridized carbons (Fsp3) is 0.429. The number of halogens is 1. The zero-order chi connectivity index (χ0) is 17.7. The molecule has 3 amide bonds. The molecule has 8 nitrogen and oxygen atoms in total. The quantitative estimate of drug-likeness (QED) is 0.678. The maximum Gasteiger partial charge on any atom is 0.319 e. The van der Waals surface area contributed by atoms with Crippen LogP contribution in [0, 0.1) is 0 Å². The normalized spacial score (nSPS) is 17.8. The standard InChI is InChI=1S/C14H19ClN4O4S/c1-24(22,23)18-12-5-7-19(13(12)20)8-6-16-14(21)17-11-4-2-3-10(15)9-11/h2-4,9,12,18H,5-8H2,1H3,(H2,16,17,21). The van der Waals surface area contributed by atoms with Crippen LogP contribution in [-0.2, 0) is 14.8 Å². The first-order valence-electron chi connectivity index (χ1n) is 7.31. The molecule has 0 aliphatic carbocycles. The van der Waals surface area contributed by atoms with Crippen molar-refractivity contribution in [3.8, 4) is 0 Å². The van der Waals surface area contributed by atoms with Crippen molar-refractivity contribution in [2.24, 2.45) is 0 Å². The second-order valence-electron chi connectivity index (χ2n) is 5.45. The van der Waals surface area contributed by atoms with Crippen molar-refractivity contribution in [1.29, 1.82) is 0 Å². The van der Waals surface area contributed by atoms with Crippen molar-refractivity contribution in [3.63, 3.8) is 0 Å². The van der Waals surface area contributed by atoms with Gasteiger partial charge in [0.15, 0.2) is 0 Å². The maximum atomic E-state index is 12.0. The fourth-order valence-corrected chi connectivity index (χ4v) is 3.30. The Morgan fingerprint density at radius 2 is 2.17 bits per heavy atom. The Hall–Kier alpha value is -1.84. The lowest BCUT2D eigenvalue weighted by molar-refractivity contribution is -0.129. The summed E-state index contributed by atoms with van der Waals surface area (Å²) in [7, 11) is -3.42. The largest absolute Gasteiger partial charge is 0.339 e. The number of sulfonamides is 1. The van der Waals surface area contributed by atoms with Crippen molar-refractivity contribution in [1.82, 2.24) is 14.9 Å². The molecule has 1 aliphatic rings. The van der Waals surface area contributed by atoms with E-state index in [-0.39, 0.29) is 12.5 Å². The number of nitrogens with one attached hydrogen (secondary N) is 3. The molecule has 1 aliphatic heterocycles. The van der Waals surface area contributed by atoms with E-state index in [9.17, 15) is 18.0 Å². The van der Waals surface area contributed by atoms with Crippen LogP contribution < -0.4 is 15.4 Å². The predicted octanol–water partition coefficient (Wildman–Crippen LogP) is 0.612. The molecular formula is C14H19ClN4O4S. The molecule has 0 bridgehead atoms. The van der Waals surface area contributed by atoms with E-state index in [2.05, 4.69) is 15.4 Å². The van der Waals surface area contributed by atoms with Gasteiger partial charge in [-0.05, 0) is 24.6 Å². The van der Waals surface area contributed by atoms with Crippen LogP contribution in [0.2, 0.25) is 5.02 Å². The highest BCUT2D eigenvalue weighted by atomic mass is 35.5. The first-order valence-corrected chi connectivity index (χ1v) is 9.58. The summed E-state index contributed by atoms with van der Waals surface area (Å²) < 4.78 is 24.7. The third kappa shape index (κ3) is 5.66. The highest BCUT2D eigenvalue weighted by Gasteiger charge is 2.32. The van der Waals surface area contributed by atoms with E-state index < -0.39 is 22.1 Å². The summed E-state index contributed by atoms with van der Waals surface area (Å²) in [6.45, 7) is 1.01. The van der Waals surface area contributed by atoms with Gasteiger partial charge in [-0.25, -0.2) is 17.9 Å². The zero-order valence-corrected chi connectivity index (χ0v) is 14.7. The Labute approximate surface area is 145 Å². The first kappa shape index (κ1) is 18.5. The number of nitrogens with zero attached hydrogens (tertiary/aromatic N) is 1. The maximum absolute atomic E-state index is 12.0. The Morgan fingerprint density at radius 1 is 1.42 bits per heavy atom. The van der Waals surface area contributed by atoms with Crippen LogP contribution in [0.1, 0.15) is 6.42 Å². The van der Waals surface area contributed by atoms with E-state index in [1.54, 1.807) is 24.3 Å². The summed E-state index contributed by atoms with van der Waals surface area (Å²) in [5.74, 6) is -0.280. The molecule has 1 unspecified atom stereocenters. The lowest BCUT2D eigenvalue weighted by Crippen LogP contribution is -2.43. The number of likely N-dealkylation sites (tertiary alicyclic amines) is 1. The third-order valence-corrected chi connectivity index (χ3v) is 4.35. The lowest BCUT2D eigenvalue weighted by Gasteiger charge is -2.17. The third-order valence-electron chi connectivity index (χ3n) is 3.40. The molecule has 2 rings (SSSR count). The summed E-state index contributed by atoms with van der Waals surface area (Å²) in [5.41, 5.74) is 0.565. The van der Waals surface area contributed by atoms with Gasteiger partial charge in [-0.2, -0.15) is 0 Å². The molecule has 10 heteroatoms. The Kier molecular flexibility index (Phi) is 6.03. The minimum atomic E-state index is -3.42. The number of benzene rings is 1. The molecule has 1 saturated heterocycles. The van der Waals surface area contributed by atoms with Gasteiger partial charge >= 0.3 is 6.03 Å². The highest BCUT2D eigenvalue weighted by molar-refractivity contribution is 7.88. The fourth-order valence-electron chi connectivity index (χ4n) is 2.37. The zero-order valence-electron chi connectivity index (χ0n) is 13.1. The number of hydrogen-bond donors (Lipinski definition) is 3. The molecular weight excluding hydrogens is 356 g/mol. The van der Waals surface area contributed by atoms with Gasteiger partial charge in [-0.3, -0.25) is 4.79 Å². The molecule has 1 aromatic rings. The van der Waals surface area contributed by atoms with Crippen LogP contribution in [0.15, 0.2) is 24.3 Å². The number of anilines is 1. The topological polar surface area (TPSA) is 108 Å². The number of carbonyl (C=O) groups excluding carboxylic acids is 2. The number of amides is 3. The smallest absolute Gasteiger partial charge is 0.319 e. The monoisotopic (exact) mass is 374 g/mol. The van der Waals surface area contributed by atoms with Gasteiger partial charge in [0.1, 0.15) is 6.04 Å². The average molecular weight is 375 g/mol. The molecule has 1 heterocycles. The second-order valence-corrected chi connectivity index (χ2v) is 7.66. The number of carbonyl (C=O) groups is 2. The SMILES string of the molecule is CS(=O)(=O)NC1CCN(CCNC(=O)Nc2cccc(Cl)c2)C1=O. The minimum absolute atomic E-state index is 0.254. The van der Waals surface area contributed by atoms with Gasteiger partial charge < -0.3 is 15.5 Å². The number of rotatable bonds is 6. The molecule has 0 aromatic heterocycles. The van der Waals surface area contributed by atoms with Crippen LogP contribution >= 0.6 is 11.6 Å². The second kappa shape index (κ2) is 7.82. The average Bonchev–Trinajstić information content (AvgIpc) is 2.78. The summed E-state index contributed by atoms with van der Waals surface area (Å²) >= 11 is 5.83. The van der Waals surface area contributed by atoms with Crippen molar-refractivity contribution < 1.29 is 18.0 Å². The van der Waals surface area contributed by atoms with Crippen LogP contribution in [0.25, 0.3) is 0 Å². The summed E-state index contributed by atoms with van der Waals surface area (Å²) in [6, 6.07) is 5.61. The van der Waals surface area contributed by atoms with E-state index in [0.29, 0.717) is 30.2 Å². The molecule has 0 radical (unpaired) electrons. The number of urea groups is 1. The molecule has 24 heavy (non-hydrogen) atoms. The predicted molar refractivity (Wildman–Crippen MR) is 91.4 cm³/mol. The van der Waals surface area contributed by atoms with Crippen LogP contribution in [0.4, 0.5) is 10.5 Å². The van der Waals surface area contributed by atoms with E-state index in [1.807, 2.05) is 0 Å². The Bertz CT molecular complexity index is 725.